The Kier molecular flexibility index (Phi) is 3.70. The van der Waals surface area contributed by atoms with Crippen LogP contribution >= 0.6 is 15.9 Å². The first kappa shape index (κ1) is 11.3. The van der Waals surface area contributed by atoms with Crippen molar-refractivity contribution >= 4 is 15.9 Å². The minimum atomic E-state index is 0.301. The molecule has 0 atom stereocenters. The Balaban J connectivity index is 2.02. The predicted octanol–water partition coefficient (Wildman–Crippen LogP) is 2.29. The zero-order chi connectivity index (χ0) is 11.4. The number of hydrogen-bond acceptors (Lipinski definition) is 3. The molecule has 4 heteroatoms. The third kappa shape index (κ3) is 2.49. The van der Waals surface area contributed by atoms with Gasteiger partial charge in [-0.05, 0) is 17.7 Å². The van der Waals surface area contributed by atoms with Crippen molar-refractivity contribution in [2.24, 2.45) is 0 Å². The summed E-state index contributed by atoms with van der Waals surface area (Å²) in [5.41, 5.74) is 1.14. The molecule has 3 nitrogen and oxygen atoms in total. The van der Waals surface area contributed by atoms with E-state index in [2.05, 4.69) is 27.2 Å². The molecule has 0 bridgehead atoms. The van der Waals surface area contributed by atoms with Crippen LogP contribution < -0.4 is 14.8 Å². The van der Waals surface area contributed by atoms with E-state index in [1.165, 1.54) is 0 Å². The van der Waals surface area contributed by atoms with Gasteiger partial charge in [-0.25, -0.2) is 0 Å². The molecule has 1 aromatic carbocycles. The van der Waals surface area contributed by atoms with Crippen molar-refractivity contribution in [3.05, 3.63) is 22.2 Å². The Morgan fingerprint density at radius 2 is 2.12 bits per heavy atom. The Bertz CT molecular complexity index is 426. The van der Waals surface area contributed by atoms with Crippen LogP contribution in [0, 0.1) is 12.3 Å². The van der Waals surface area contributed by atoms with Crippen LogP contribution in [0.15, 0.2) is 16.6 Å². The highest BCUT2D eigenvalue weighted by atomic mass is 79.9. The fourth-order valence-electron chi connectivity index (χ4n) is 1.48. The molecule has 1 heterocycles. The second-order valence-corrected chi connectivity index (χ2v) is 4.28. The predicted molar refractivity (Wildman–Crippen MR) is 65.4 cm³/mol. The summed E-state index contributed by atoms with van der Waals surface area (Å²) in [5, 5.41) is 3.27. The number of benzene rings is 1. The Morgan fingerprint density at radius 1 is 1.38 bits per heavy atom. The minimum Gasteiger partial charge on any atom is -0.454 e. The Labute approximate surface area is 103 Å². The molecule has 0 spiro atoms. The van der Waals surface area contributed by atoms with Crippen molar-refractivity contribution in [2.75, 3.05) is 13.3 Å². The summed E-state index contributed by atoms with van der Waals surface area (Å²) >= 11 is 3.50. The van der Waals surface area contributed by atoms with E-state index < -0.39 is 0 Å². The molecule has 0 unspecified atom stereocenters. The summed E-state index contributed by atoms with van der Waals surface area (Å²) < 4.78 is 11.6. The van der Waals surface area contributed by atoms with Crippen LogP contribution in [0.3, 0.4) is 0 Å². The van der Waals surface area contributed by atoms with Gasteiger partial charge < -0.3 is 14.8 Å². The normalized spacial score (nSPS) is 12.5. The molecule has 0 aromatic heterocycles. The van der Waals surface area contributed by atoms with E-state index in [1.54, 1.807) is 0 Å². The fraction of sp³-hybridized carbons (Fsp3) is 0.333. The lowest BCUT2D eigenvalue weighted by Gasteiger charge is -2.07. The quantitative estimate of drug-likeness (QED) is 0.679. The Hall–Kier alpha value is -1.18. The topological polar surface area (TPSA) is 30.5 Å². The SMILES string of the molecule is C#CCCNCc1cc2c(cc1Br)OCO2. The molecule has 16 heavy (non-hydrogen) atoms. The van der Waals surface area contributed by atoms with E-state index in [9.17, 15) is 0 Å². The van der Waals surface area contributed by atoms with Gasteiger partial charge in [-0.15, -0.1) is 12.3 Å². The van der Waals surface area contributed by atoms with Crippen LogP contribution in [0.5, 0.6) is 11.5 Å². The second kappa shape index (κ2) is 5.24. The molecule has 0 radical (unpaired) electrons. The van der Waals surface area contributed by atoms with E-state index in [0.29, 0.717) is 6.79 Å². The minimum absolute atomic E-state index is 0.301. The van der Waals surface area contributed by atoms with Gasteiger partial charge in [0.05, 0.1) is 0 Å². The van der Waals surface area contributed by atoms with Gasteiger partial charge in [-0.1, -0.05) is 15.9 Å². The third-order valence-corrected chi connectivity index (χ3v) is 3.04. The number of halogens is 1. The van der Waals surface area contributed by atoms with Crippen molar-refractivity contribution in [3.63, 3.8) is 0 Å². The van der Waals surface area contributed by atoms with Crippen molar-refractivity contribution < 1.29 is 9.47 Å². The number of fused-ring (bicyclic) bond motifs is 1. The van der Waals surface area contributed by atoms with Crippen molar-refractivity contribution in [1.29, 1.82) is 0 Å². The molecule has 1 N–H and O–H groups in total. The zero-order valence-electron chi connectivity index (χ0n) is 8.75. The lowest BCUT2D eigenvalue weighted by atomic mass is 10.2. The molecule has 1 aliphatic heterocycles. The van der Waals surface area contributed by atoms with Gasteiger partial charge in [-0.3, -0.25) is 0 Å². The summed E-state index contributed by atoms with van der Waals surface area (Å²) in [6.45, 7) is 1.88. The summed E-state index contributed by atoms with van der Waals surface area (Å²) in [4.78, 5) is 0. The molecule has 0 saturated heterocycles. The van der Waals surface area contributed by atoms with Gasteiger partial charge in [0.15, 0.2) is 11.5 Å². The van der Waals surface area contributed by atoms with Crippen LogP contribution in [0.4, 0.5) is 0 Å². The lowest BCUT2D eigenvalue weighted by Crippen LogP contribution is -2.14. The van der Waals surface area contributed by atoms with Crippen LogP contribution in [0.2, 0.25) is 0 Å². The van der Waals surface area contributed by atoms with Gasteiger partial charge in [-0.2, -0.15) is 0 Å². The number of terminal acetylenes is 1. The maximum absolute atomic E-state index is 5.32. The van der Waals surface area contributed by atoms with E-state index in [0.717, 1.165) is 41.0 Å². The molecular formula is C12H12BrNO2. The van der Waals surface area contributed by atoms with Crippen molar-refractivity contribution in [1.82, 2.24) is 5.32 Å². The van der Waals surface area contributed by atoms with Gasteiger partial charge in [0.25, 0.3) is 0 Å². The summed E-state index contributed by atoms with van der Waals surface area (Å²) in [6, 6.07) is 3.91. The number of rotatable bonds is 4. The zero-order valence-corrected chi connectivity index (χ0v) is 10.3. The monoisotopic (exact) mass is 281 g/mol. The molecule has 0 aliphatic carbocycles. The molecule has 1 aliphatic rings. The molecule has 0 saturated carbocycles. The van der Waals surface area contributed by atoms with Crippen molar-refractivity contribution in [2.45, 2.75) is 13.0 Å². The number of hydrogen-bond donors (Lipinski definition) is 1. The van der Waals surface area contributed by atoms with E-state index in [-0.39, 0.29) is 0 Å². The fourth-order valence-corrected chi connectivity index (χ4v) is 1.94. The number of nitrogens with one attached hydrogen (secondary N) is 1. The lowest BCUT2D eigenvalue weighted by molar-refractivity contribution is 0.174. The highest BCUT2D eigenvalue weighted by molar-refractivity contribution is 9.10. The molecule has 0 amide bonds. The highest BCUT2D eigenvalue weighted by Gasteiger charge is 2.15. The van der Waals surface area contributed by atoms with Crippen molar-refractivity contribution in [3.8, 4) is 23.8 Å². The molecule has 1 aromatic rings. The van der Waals surface area contributed by atoms with E-state index in [4.69, 9.17) is 15.9 Å². The highest BCUT2D eigenvalue weighted by Crippen LogP contribution is 2.36. The van der Waals surface area contributed by atoms with Crippen LogP contribution in [0.25, 0.3) is 0 Å². The molecule has 0 fully saturated rings. The van der Waals surface area contributed by atoms with E-state index >= 15 is 0 Å². The smallest absolute Gasteiger partial charge is 0.231 e. The average molecular weight is 282 g/mol. The van der Waals surface area contributed by atoms with Gasteiger partial charge in [0, 0.05) is 24.0 Å². The first-order valence-electron chi connectivity index (χ1n) is 5.03. The van der Waals surface area contributed by atoms with Crippen LogP contribution in [-0.2, 0) is 6.54 Å². The van der Waals surface area contributed by atoms with E-state index in [1.807, 2.05) is 12.1 Å². The second-order valence-electron chi connectivity index (χ2n) is 3.43. The first-order valence-corrected chi connectivity index (χ1v) is 5.83. The summed E-state index contributed by atoms with van der Waals surface area (Å²) in [5.74, 6) is 4.19. The molecular weight excluding hydrogens is 270 g/mol. The summed E-state index contributed by atoms with van der Waals surface area (Å²) in [7, 11) is 0. The van der Waals surface area contributed by atoms with Gasteiger partial charge in [0.2, 0.25) is 6.79 Å². The van der Waals surface area contributed by atoms with Gasteiger partial charge >= 0.3 is 0 Å². The van der Waals surface area contributed by atoms with Crippen LogP contribution in [-0.4, -0.2) is 13.3 Å². The molecule has 2 rings (SSSR count). The Morgan fingerprint density at radius 3 is 2.88 bits per heavy atom. The maximum Gasteiger partial charge on any atom is 0.231 e. The maximum atomic E-state index is 5.32. The standard InChI is InChI=1S/C12H12BrNO2/c1-2-3-4-14-7-9-5-11-12(6-10(9)13)16-8-15-11/h1,5-6,14H,3-4,7-8H2. The summed E-state index contributed by atoms with van der Waals surface area (Å²) in [6.07, 6.45) is 5.91. The third-order valence-electron chi connectivity index (χ3n) is 2.30. The number of ether oxygens (including phenoxy) is 2. The average Bonchev–Trinajstić information content (AvgIpc) is 2.71. The first-order chi connectivity index (χ1) is 7.81. The largest absolute Gasteiger partial charge is 0.454 e. The molecule has 84 valence electrons. The van der Waals surface area contributed by atoms with Crippen LogP contribution in [0.1, 0.15) is 12.0 Å². The van der Waals surface area contributed by atoms with Gasteiger partial charge in [0.1, 0.15) is 0 Å².